The van der Waals surface area contributed by atoms with Crippen LogP contribution in [0.15, 0.2) is 71.6 Å². The van der Waals surface area contributed by atoms with Gasteiger partial charge in [-0.3, -0.25) is 4.79 Å². The quantitative estimate of drug-likeness (QED) is 0.498. The number of ether oxygens (including phenoxy) is 2. The number of nitriles is 1. The Bertz CT molecular complexity index is 1280. The number of carbonyl (C=O) groups excluding carboxylic acids is 1. The maximum absolute atomic E-state index is 12.6. The van der Waals surface area contributed by atoms with Crippen LogP contribution in [-0.4, -0.2) is 28.0 Å². The molecule has 170 valence electrons. The van der Waals surface area contributed by atoms with Crippen LogP contribution in [0.4, 0.5) is 5.69 Å². The van der Waals surface area contributed by atoms with Gasteiger partial charge < -0.3 is 14.8 Å². The van der Waals surface area contributed by atoms with Crippen LogP contribution in [0.1, 0.15) is 28.4 Å². The summed E-state index contributed by atoms with van der Waals surface area (Å²) in [4.78, 5) is 12.5. The Morgan fingerprint density at radius 1 is 1.03 bits per heavy atom. The van der Waals surface area contributed by atoms with Gasteiger partial charge in [-0.1, -0.05) is 24.3 Å². The maximum Gasteiger partial charge on any atom is 0.255 e. The molecule has 33 heavy (non-hydrogen) atoms. The molecule has 0 aliphatic carbocycles. The standard InChI is InChI=1S/C24H23N3O5S/c1-3-32-21-13-12-20(14-22(21)31-2)27-24(28)18-10-8-17(9-11-18)16-26-33(29,30)23-7-5-4-6-19(23)15-25/h4-14,26H,3,16H2,1-2H3,(H,27,28). The molecule has 3 aromatic rings. The number of benzene rings is 3. The molecule has 8 nitrogen and oxygen atoms in total. The molecule has 0 atom stereocenters. The first kappa shape index (κ1) is 23.8. The Balaban J connectivity index is 1.65. The average Bonchev–Trinajstić information content (AvgIpc) is 2.84. The molecule has 0 bridgehead atoms. The molecule has 0 spiro atoms. The zero-order valence-electron chi connectivity index (χ0n) is 18.2. The lowest BCUT2D eigenvalue weighted by Crippen LogP contribution is -2.24. The first-order valence-electron chi connectivity index (χ1n) is 10.1. The average molecular weight is 466 g/mol. The molecule has 2 N–H and O–H groups in total. The third kappa shape index (κ3) is 5.88. The van der Waals surface area contributed by atoms with Gasteiger partial charge in [0.15, 0.2) is 11.5 Å². The van der Waals surface area contributed by atoms with Gasteiger partial charge >= 0.3 is 0 Å². The van der Waals surface area contributed by atoms with Gasteiger partial charge in [0.25, 0.3) is 5.91 Å². The Morgan fingerprint density at radius 2 is 1.76 bits per heavy atom. The van der Waals surface area contributed by atoms with Crippen LogP contribution in [0.5, 0.6) is 11.5 Å². The van der Waals surface area contributed by atoms with Crippen LogP contribution in [0.3, 0.4) is 0 Å². The molecule has 0 aliphatic rings. The van der Waals surface area contributed by atoms with E-state index in [1.54, 1.807) is 54.6 Å². The molecule has 0 unspecified atom stereocenters. The molecule has 0 saturated carbocycles. The Hall–Kier alpha value is -3.87. The minimum Gasteiger partial charge on any atom is -0.493 e. The van der Waals surface area contributed by atoms with Crippen molar-refractivity contribution < 1.29 is 22.7 Å². The molecular formula is C24H23N3O5S. The molecule has 1 amide bonds. The minimum atomic E-state index is -3.86. The summed E-state index contributed by atoms with van der Waals surface area (Å²) in [6, 6.07) is 19.5. The van der Waals surface area contributed by atoms with Crippen molar-refractivity contribution in [3.8, 4) is 17.6 Å². The van der Waals surface area contributed by atoms with Gasteiger partial charge in [-0.15, -0.1) is 0 Å². The number of amides is 1. The lowest BCUT2D eigenvalue weighted by atomic mass is 10.1. The summed E-state index contributed by atoms with van der Waals surface area (Å²) in [7, 11) is -2.33. The number of nitrogens with zero attached hydrogens (tertiary/aromatic N) is 1. The molecule has 0 fully saturated rings. The van der Waals surface area contributed by atoms with Gasteiger partial charge in [-0.25, -0.2) is 13.1 Å². The molecule has 0 saturated heterocycles. The summed E-state index contributed by atoms with van der Waals surface area (Å²) in [5, 5.41) is 11.9. The number of anilines is 1. The minimum absolute atomic E-state index is 0.0140. The highest BCUT2D eigenvalue weighted by molar-refractivity contribution is 7.89. The highest BCUT2D eigenvalue weighted by Crippen LogP contribution is 2.30. The van der Waals surface area contributed by atoms with Gasteiger partial charge in [0.2, 0.25) is 10.0 Å². The summed E-state index contributed by atoms with van der Waals surface area (Å²) < 4.78 is 38.3. The second kappa shape index (κ2) is 10.6. The van der Waals surface area contributed by atoms with Gasteiger partial charge in [-0.05, 0) is 48.9 Å². The number of rotatable bonds is 9. The fourth-order valence-electron chi connectivity index (χ4n) is 3.05. The van der Waals surface area contributed by atoms with E-state index in [0.29, 0.717) is 34.9 Å². The van der Waals surface area contributed by atoms with Crippen molar-refractivity contribution in [2.75, 3.05) is 19.0 Å². The summed E-state index contributed by atoms with van der Waals surface area (Å²) in [6.07, 6.45) is 0. The summed E-state index contributed by atoms with van der Waals surface area (Å²) in [6.45, 7) is 2.38. The largest absolute Gasteiger partial charge is 0.493 e. The Labute approximate surface area is 192 Å². The van der Waals surface area contributed by atoms with E-state index in [0.717, 1.165) is 0 Å². The lowest BCUT2D eigenvalue weighted by molar-refractivity contribution is 0.102. The molecule has 0 radical (unpaired) electrons. The van der Waals surface area contributed by atoms with Crippen LogP contribution in [0.2, 0.25) is 0 Å². The SMILES string of the molecule is CCOc1ccc(NC(=O)c2ccc(CNS(=O)(=O)c3ccccc3C#N)cc2)cc1OC. The topological polar surface area (TPSA) is 118 Å². The number of carbonyl (C=O) groups is 1. The predicted molar refractivity (Wildman–Crippen MR) is 124 cm³/mol. The highest BCUT2D eigenvalue weighted by atomic mass is 32.2. The molecule has 0 heterocycles. The second-order valence-electron chi connectivity index (χ2n) is 6.88. The van der Waals surface area contributed by atoms with Crippen molar-refractivity contribution in [1.82, 2.24) is 4.72 Å². The van der Waals surface area contributed by atoms with E-state index in [1.165, 1.54) is 19.2 Å². The lowest BCUT2D eigenvalue weighted by Gasteiger charge is -2.12. The molecular weight excluding hydrogens is 442 g/mol. The summed E-state index contributed by atoms with van der Waals surface area (Å²) in [5.74, 6) is 0.772. The van der Waals surface area contributed by atoms with E-state index in [-0.39, 0.29) is 22.9 Å². The van der Waals surface area contributed by atoms with E-state index < -0.39 is 10.0 Å². The normalized spacial score (nSPS) is 10.8. The van der Waals surface area contributed by atoms with Crippen molar-refractivity contribution >= 4 is 21.6 Å². The summed E-state index contributed by atoms with van der Waals surface area (Å²) >= 11 is 0. The van der Waals surface area contributed by atoms with Crippen LogP contribution < -0.4 is 19.5 Å². The number of hydrogen-bond acceptors (Lipinski definition) is 6. The number of hydrogen-bond donors (Lipinski definition) is 2. The predicted octanol–water partition coefficient (Wildman–Crippen LogP) is 3.70. The first-order chi connectivity index (χ1) is 15.9. The first-order valence-corrected chi connectivity index (χ1v) is 11.6. The van der Waals surface area contributed by atoms with E-state index in [9.17, 15) is 13.2 Å². The molecule has 3 rings (SSSR count). The van der Waals surface area contributed by atoms with E-state index in [2.05, 4.69) is 10.0 Å². The van der Waals surface area contributed by atoms with Gasteiger partial charge in [-0.2, -0.15) is 5.26 Å². The van der Waals surface area contributed by atoms with Crippen molar-refractivity contribution in [3.63, 3.8) is 0 Å². The number of methoxy groups -OCH3 is 1. The number of sulfonamides is 1. The van der Waals surface area contributed by atoms with Crippen LogP contribution in [0, 0.1) is 11.3 Å². The molecule has 0 aromatic heterocycles. The van der Waals surface area contributed by atoms with Gasteiger partial charge in [0.1, 0.15) is 6.07 Å². The number of nitrogens with one attached hydrogen (secondary N) is 2. The summed E-state index contributed by atoms with van der Waals surface area (Å²) in [5.41, 5.74) is 1.69. The van der Waals surface area contributed by atoms with Crippen molar-refractivity contribution in [1.29, 1.82) is 5.26 Å². The third-order valence-electron chi connectivity index (χ3n) is 4.70. The van der Waals surface area contributed by atoms with Gasteiger partial charge in [0.05, 0.1) is 24.2 Å². The second-order valence-corrected chi connectivity index (χ2v) is 8.62. The fraction of sp³-hybridized carbons (Fsp3) is 0.167. The molecule has 3 aromatic carbocycles. The van der Waals surface area contributed by atoms with Crippen molar-refractivity contribution in [2.24, 2.45) is 0 Å². The molecule has 0 aliphatic heterocycles. The van der Waals surface area contributed by atoms with Crippen LogP contribution in [-0.2, 0) is 16.6 Å². The van der Waals surface area contributed by atoms with Crippen LogP contribution >= 0.6 is 0 Å². The van der Waals surface area contributed by atoms with Crippen molar-refractivity contribution in [2.45, 2.75) is 18.4 Å². The smallest absolute Gasteiger partial charge is 0.255 e. The zero-order valence-corrected chi connectivity index (χ0v) is 19.0. The molecule has 9 heteroatoms. The van der Waals surface area contributed by atoms with Gasteiger partial charge in [0, 0.05) is 23.9 Å². The van der Waals surface area contributed by atoms with E-state index in [1.807, 2.05) is 13.0 Å². The Kier molecular flexibility index (Phi) is 7.66. The zero-order chi connectivity index (χ0) is 23.8. The monoisotopic (exact) mass is 465 g/mol. The highest BCUT2D eigenvalue weighted by Gasteiger charge is 2.18. The van der Waals surface area contributed by atoms with E-state index in [4.69, 9.17) is 14.7 Å². The van der Waals surface area contributed by atoms with Crippen molar-refractivity contribution in [3.05, 3.63) is 83.4 Å². The third-order valence-corrected chi connectivity index (χ3v) is 6.16. The van der Waals surface area contributed by atoms with Crippen LogP contribution in [0.25, 0.3) is 0 Å². The Morgan fingerprint density at radius 3 is 2.42 bits per heavy atom. The maximum atomic E-state index is 12.6. The fourth-order valence-corrected chi connectivity index (χ4v) is 4.22. The van der Waals surface area contributed by atoms with E-state index >= 15 is 0 Å².